The summed E-state index contributed by atoms with van der Waals surface area (Å²) in [5, 5.41) is 0. The van der Waals surface area contributed by atoms with E-state index in [1.54, 1.807) is 4.90 Å². The van der Waals surface area contributed by atoms with Crippen LogP contribution in [0.25, 0.3) is 0 Å². The smallest absolute Gasteiger partial charge is 0.226 e. The number of likely N-dealkylation sites (tertiary alicyclic amines) is 1. The van der Waals surface area contributed by atoms with Crippen LogP contribution in [0.3, 0.4) is 0 Å². The first-order chi connectivity index (χ1) is 8.08. The number of halogens is 3. The van der Waals surface area contributed by atoms with Crippen molar-refractivity contribution in [1.82, 2.24) is 4.90 Å². The molecule has 1 heterocycles. The summed E-state index contributed by atoms with van der Waals surface area (Å²) >= 11 is 0. The van der Waals surface area contributed by atoms with Crippen molar-refractivity contribution in [3.63, 3.8) is 0 Å². The lowest BCUT2D eigenvalue weighted by Crippen LogP contribution is -2.29. The molecule has 1 aliphatic rings. The highest BCUT2D eigenvalue weighted by Gasteiger charge is 2.19. The minimum Gasteiger partial charge on any atom is -0.342 e. The van der Waals surface area contributed by atoms with Gasteiger partial charge in [0.25, 0.3) is 0 Å². The molecule has 0 radical (unpaired) electrons. The highest BCUT2D eigenvalue weighted by Crippen LogP contribution is 2.16. The van der Waals surface area contributed by atoms with Crippen LogP contribution in [0.5, 0.6) is 0 Å². The van der Waals surface area contributed by atoms with Crippen LogP contribution in [0, 0.1) is 17.5 Å². The van der Waals surface area contributed by atoms with Crippen LogP contribution in [-0.2, 0) is 11.2 Å². The largest absolute Gasteiger partial charge is 0.342 e. The molecule has 5 heteroatoms. The summed E-state index contributed by atoms with van der Waals surface area (Å²) in [6.07, 6.45) is 1.82. The Balaban J connectivity index is 2.10. The third-order valence-electron chi connectivity index (χ3n) is 2.86. The first-order valence-electron chi connectivity index (χ1n) is 5.49. The van der Waals surface area contributed by atoms with Gasteiger partial charge in [0.1, 0.15) is 0 Å². The zero-order valence-electron chi connectivity index (χ0n) is 9.18. The molecular formula is C12H12F3NO. The molecule has 0 aliphatic carbocycles. The summed E-state index contributed by atoms with van der Waals surface area (Å²) in [6.45, 7) is 1.37. The molecule has 1 aromatic rings. The molecule has 0 saturated carbocycles. The fourth-order valence-electron chi connectivity index (χ4n) is 1.96. The fraction of sp³-hybridized carbons (Fsp3) is 0.417. The molecule has 0 N–H and O–H groups in total. The van der Waals surface area contributed by atoms with E-state index in [-0.39, 0.29) is 17.9 Å². The predicted octanol–water partition coefficient (Wildman–Crippen LogP) is 2.27. The molecule has 1 fully saturated rings. The Morgan fingerprint density at radius 1 is 1.12 bits per heavy atom. The Morgan fingerprint density at radius 3 is 2.18 bits per heavy atom. The van der Waals surface area contributed by atoms with Crippen LogP contribution < -0.4 is 0 Å². The van der Waals surface area contributed by atoms with E-state index in [9.17, 15) is 18.0 Å². The Hall–Kier alpha value is -1.52. The number of amides is 1. The molecule has 2 nitrogen and oxygen atoms in total. The number of nitrogens with zero attached hydrogens (tertiary/aromatic N) is 1. The van der Waals surface area contributed by atoms with Gasteiger partial charge in [-0.2, -0.15) is 0 Å². The van der Waals surface area contributed by atoms with Crippen molar-refractivity contribution in [2.75, 3.05) is 13.1 Å². The molecule has 0 aromatic heterocycles. The van der Waals surface area contributed by atoms with Crippen molar-refractivity contribution in [3.05, 3.63) is 35.1 Å². The second kappa shape index (κ2) is 4.77. The standard InChI is InChI=1S/C12H12F3NO/c13-9-5-8(6-10(14)12(9)15)7-11(17)16-3-1-2-4-16/h5-6H,1-4,7H2. The average Bonchev–Trinajstić information content (AvgIpc) is 2.79. The van der Waals surface area contributed by atoms with Gasteiger partial charge in [-0.25, -0.2) is 13.2 Å². The fourth-order valence-corrected chi connectivity index (χ4v) is 1.96. The third-order valence-corrected chi connectivity index (χ3v) is 2.86. The van der Waals surface area contributed by atoms with Gasteiger partial charge in [0.15, 0.2) is 17.5 Å². The van der Waals surface area contributed by atoms with Gasteiger partial charge in [-0.05, 0) is 30.5 Å². The van der Waals surface area contributed by atoms with E-state index < -0.39 is 17.5 Å². The summed E-state index contributed by atoms with van der Waals surface area (Å²) in [4.78, 5) is 13.4. The Bertz CT molecular complexity index is 418. The Morgan fingerprint density at radius 2 is 1.65 bits per heavy atom. The first kappa shape index (κ1) is 12.0. The number of carbonyl (C=O) groups is 1. The van der Waals surface area contributed by atoms with Crippen molar-refractivity contribution in [2.24, 2.45) is 0 Å². The van der Waals surface area contributed by atoms with E-state index >= 15 is 0 Å². The molecule has 0 bridgehead atoms. The van der Waals surface area contributed by atoms with Crippen LogP contribution in [0.1, 0.15) is 18.4 Å². The molecule has 0 atom stereocenters. The molecule has 0 spiro atoms. The van der Waals surface area contributed by atoms with Crippen molar-refractivity contribution in [1.29, 1.82) is 0 Å². The van der Waals surface area contributed by atoms with Gasteiger partial charge >= 0.3 is 0 Å². The van der Waals surface area contributed by atoms with Gasteiger partial charge in [-0.15, -0.1) is 0 Å². The molecule has 0 unspecified atom stereocenters. The minimum absolute atomic E-state index is 0.0892. The molecule has 1 amide bonds. The highest BCUT2D eigenvalue weighted by atomic mass is 19.2. The number of hydrogen-bond donors (Lipinski definition) is 0. The Labute approximate surface area is 97.0 Å². The lowest BCUT2D eigenvalue weighted by molar-refractivity contribution is -0.129. The maximum absolute atomic E-state index is 12.9. The zero-order chi connectivity index (χ0) is 12.4. The molecule has 1 saturated heterocycles. The summed E-state index contributed by atoms with van der Waals surface area (Å²) in [5.74, 6) is -4.18. The SMILES string of the molecule is O=C(Cc1cc(F)c(F)c(F)c1)N1CCCC1. The first-order valence-corrected chi connectivity index (χ1v) is 5.49. The second-order valence-electron chi connectivity index (χ2n) is 4.14. The number of benzene rings is 1. The van der Waals surface area contributed by atoms with E-state index in [1.165, 1.54) is 0 Å². The quantitative estimate of drug-likeness (QED) is 0.730. The molecular weight excluding hydrogens is 231 g/mol. The molecule has 1 aliphatic heterocycles. The maximum atomic E-state index is 12.9. The molecule has 2 rings (SSSR count). The van der Waals surface area contributed by atoms with Gasteiger partial charge < -0.3 is 4.90 Å². The number of rotatable bonds is 2. The summed E-state index contributed by atoms with van der Waals surface area (Å²) in [7, 11) is 0. The maximum Gasteiger partial charge on any atom is 0.226 e. The average molecular weight is 243 g/mol. The van der Waals surface area contributed by atoms with Crippen LogP contribution >= 0.6 is 0 Å². The van der Waals surface area contributed by atoms with Gasteiger partial charge in [0, 0.05) is 13.1 Å². The normalized spacial score (nSPS) is 15.4. The third kappa shape index (κ3) is 2.60. The van der Waals surface area contributed by atoms with Crippen molar-refractivity contribution < 1.29 is 18.0 Å². The van der Waals surface area contributed by atoms with Gasteiger partial charge in [0.05, 0.1) is 6.42 Å². The summed E-state index contributed by atoms with van der Waals surface area (Å²) < 4.78 is 38.6. The molecule has 17 heavy (non-hydrogen) atoms. The number of carbonyl (C=O) groups excluding carboxylic acids is 1. The highest BCUT2D eigenvalue weighted by molar-refractivity contribution is 5.79. The van der Waals surface area contributed by atoms with Crippen LogP contribution in [0.4, 0.5) is 13.2 Å². The van der Waals surface area contributed by atoms with Crippen molar-refractivity contribution in [2.45, 2.75) is 19.3 Å². The van der Waals surface area contributed by atoms with Crippen molar-refractivity contribution >= 4 is 5.91 Å². The topological polar surface area (TPSA) is 20.3 Å². The monoisotopic (exact) mass is 243 g/mol. The van der Waals surface area contributed by atoms with E-state index in [0.29, 0.717) is 13.1 Å². The second-order valence-corrected chi connectivity index (χ2v) is 4.14. The Kier molecular flexibility index (Phi) is 3.36. The van der Waals surface area contributed by atoms with Crippen LogP contribution in [0.15, 0.2) is 12.1 Å². The summed E-state index contributed by atoms with van der Waals surface area (Å²) in [6, 6.07) is 1.73. The molecule has 1 aromatic carbocycles. The van der Waals surface area contributed by atoms with E-state index in [4.69, 9.17) is 0 Å². The lowest BCUT2D eigenvalue weighted by Gasteiger charge is -2.15. The van der Waals surface area contributed by atoms with Crippen LogP contribution in [-0.4, -0.2) is 23.9 Å². The van der Waals surface area contributed by atoms with E-state index in [0.717, 1.165) is 25.0 Å². The van der Waals surface area contributed by atoms with Gasteiger partial charge in [0.2, 0.25) is 5.91 Å². The van der Waals surface area contributed by atoms with Crippen molar-refractivity contribution in [3.8, 4) is 0 Å². The minimum atomic E-state index is -1.50. The lowest BCUT2D eigenvalue weighted by atomic mass is 10.1. The molecule has 92 valence electrons. The van der Waals surface area contributed by atoms with E-state index in [2.05, 4.69) is 0 Å². The number of hydrogen-bond acceptors (Lipinski definition) is 1. The zero-order valence-corrected chi connectivity index (χ0v) is 9.18. The van der Waals surface area contributed by atoms with Gasteiger partial charge in [-0.3, -0.25) is 4.79 Å². The predicted molar refractivity (Wildman–Crippen MR) is 55.8 cm³/mol. The van der Waals surface area contributed by atoms with Gasteiger partial charge in [-0.1, -0.05) is 0 Å². The summed E-state index contributed by atoms with van der Waals surface area (Å²) in [5.41, 5.74) is 0.165. The van der Waals surface area contributed by atoms with Crippen LogP contribution in [0.2, 0.25) is 0 Å². The van der Waals surface area contributed by atoms with E-state index in [1.807, 2.05) is 0 Å².